The number of hydrogen-bond acceptors (Lipinski definition) is 5. The predicted octanol–water partition coefficient (Wildman–Crippen LogP) is 2.50. The van der Waals surface area contributed by atoms with Crippen molar-refractivity contribution in [3.8, 4) is 0 Å². The van der Waals surface area contributed by atoms with Gasteiger partial charge in [-0.1, -0.05) is 19.3 Å². The van der Waals surface area contributed by atoms with Crippen LogP contribution in [-0.2, 0) is 19.1 Å². The summed E-state index contributed by atoms with van der Waals surface area (Å²) in [6.45, 7) is 7.45. The second-order valence-electron chi connectivity index (χ2n) is 9.53. The number of nitrogens with one attached hydrogen (secondary N) is 1. The number of likely N-dealkylation sites (N-methyl/N-ethyl adjacent to an activating group) is 1. The van der Waals surface area contributed by atoms with Gasteiger partial charge in [0.1, 0.15) is 24.0 Å². The van der Waals surface area contributed by atoms with Gasteiger partial charge in [0.25, 0.3) is 0 Å². The molecule has 8 heteroatoms. The number of ether oxygens (including phenoxy) is 1. The van der Waals surface area contributed by atoms with Gasteiger partial charge < -0.3 is 19.7 Å². The van der Waals surface area contributed by atoms with E-state index in [1.165, 1.54) is 11.9 Å². The maximum absolute atomic E-state index is 13.3. The molecular formula is C22H37N3O5. The molecule has 0 unspecified atom stereocenters. The minimum absolute atomic E-state index is 0.0436. The van der Waals surface area contributed by atoms with Crippen molar-refractivity contribution in [3.05, 3.63) is 0 Å². The van der Waals surface area contributed by atoms with Gasteiger partial charge in [0, 0.05) is 13.6 Å². The molecule has 1 saturated carbocycles. The zero-order chi connectivity index (χ0) is 22.5. The van der Waals surface area contributed by atoms with E-state index in [0.717, 1.165) is 44.8 Å². The maximum atomic E-state index is 13.3. The molecule has 3 amide bonds. The molecule has 1 aliphatic heterocycles. The van der Waals surface area contributed by atoms with Crippen molar-refractivity contribution in [2.24, 2.45) is 5.92 Å². The van der Waals surface area contributed by atoms with E-state index in [9.17, 15) is 19.2 Å². The van der Waals surface area contributed by atoms with Gasteiger partial charge in [0.05, 0.1) is 6.04 Å². The summed E-state index contributed by atoms with van der Waals surface area (Å²) in [6, 6.07) is -1.88. The molecule has 2 aliphatic rings. The molecule has 1 aliphatic carbocycles. The van der Waals surface area contributed by atoms with Gasteiger partial charge in [-0.15, -0.1) is 0 Å². The summed E-state index contributed by atoms with van der Waals surface area (Å²) in [5.74, 6) is -0.534. The van der Waals surface area contributed by atoms with Crippen molar-refractivity contribution >= 4 is 24.2 Å². The number of amides is 3. The zero-order valence-electron chi connectivity index (χ0n) is 19.0. The second kappa shape index (κ2) is 10.3. The van der Waals surface area contributed by atoms with Crippen LogP contribution in [0.15, 0.2) is 0 Å². The van der Waals surface area contributed by atoms with Gasteiger partial charge in [0.2, 0.25) is 11.8 Å². The Morgan fingerprint density at radius 3 is 2.30 bits per heavy atom. The first-order valence-corrected chi connectivity index (χ1v) is 11.1. The molecule has 2 fully saturated rings. The van der Waals surface area contributed by atoms with Crippen LogP contribution < -0.4 is 5.32 Å². The monoisotopic (exact) mass is 423 g/mol. The van der Waals surface area contributed by atoms with Crippen LogP contribution in [0.4, 0.5) is 4.79 Å². The first kappa shape index (κ1) is 24.2. The molecule has 1 saturated heterocycles. The minimum Gasteiger partial charge on any atom is -0.444 e. The Labute approximate surface area is 179 Å². The van der Waals surface area contributed by atoms with Crippen molar-refractivity contribution in [1.29, 1.82) is 0 Å². The van der Waals surface area contributed by atoms with E-state index in [1.807, 2.05) is 0 Å². The molecule has 1 N–H and O–H groups in total. The van der Waals surface area contributed by atoms with Crippen LogP contribution in [-0.4, -0.2) is 71.3 Å². The van der Waals surface area contributed by atoms with Gasteiger partial charge in [-0.25, -0.2) is 4.79 Å². The molecule has 0 aromatic carbocycles. The smallest absolute Gasteiger partial charge is 0.410 e. The Hall–Kier alpha value is -2.12. The summed E-state index contributed by atoms with van der Waals surface area (Å²) in [7, 11) is 1.51. The van der Waals surface area contributed by atoms with E-state index < -0.39 is 35.7 Å². The van der Waals surface area contributed by atoms with Gasteiger partial charge in [-0.3, -0.25) is 14.5 Å². The van der Waals surface area contributed by atoms with Crippen molar-refractivity contribution in [2.45, 2.75) is 96.4 Å². The molecule has 3 atom stereocenters. The van der Waals surface area contributed by atoms with Gasteiger partial charge in [-0.05, 0) is 59.3 Å². The standard InChI is InChI=1S/C22H37N3O5/c1-15(24(5)21(29)30-22(2,3)4)19(27)23-18(16-10-7-6-8-11-16)20(28)25-13-9-12-17(25)14-26/h14-18H,6-13H2,1-5H3,(H,23,27)/t15-,17-,18-/m0/s1. The molecule has 0 aromatic heterocycles. The third-order valence-corrected chi connectivity index (χ3v) is 6.07. The molecule has 2 rings (SSSR count). The predicted molar refractivity (Wildman–Crippen MR) is 113 cm³/mol. The van der Waals surface area contributed by atoms with E-state index in [1.54, 1.807) is 32.6 Å². The number of hydrogen-bond donors (Lipinski definition) is 1. The summed E-state index contributed by atoms with van der Waals surface area (Å²) >= 11 is 0. The SMILES string of the molecule is C[C@@H](C(=O)N[C@H](C(=O)N1CCC[C@H]1C=O)C1CCCCC1)N(C)C(=O)OC(C)(C)C. The van der Waals surface area contributed by atoms with E-state index in [2.05, 4.69) is 5.32 Å². The molecule has 0 radical (unpaired) electrons. The molecule has 1 heterocycles. The fourth-order valence-corrected chi connectivity index (χ4v) is 4.18. The van der Waals surface area contributed by atoms with Crippen LogP contribution in [0.1, 0.15) is 72.6 Å². The Kier molecular flexibility index (Phi) is 8.26. The van der Waals surface area contributed by atoms with E-state index in [0.29, 0.717) is 13.0 Å². The Bertz CT molecular complexity index is 639. The van der Waals surface area contributed by atoms with Crippen molar-refractivity contribution in [3.63, 3.8) is 0 Å². The van der Waals surface area contributed by atoms with Gasteiger partial charge in [-0.2, -0.15) is 0 Å². The summed E-state index contributed by atoms with van der Waals surface area (Å²) in [6.07, 6.45) is 6.60. The van der Waals surface area contributed by atoms with E-state index in [-0.39, 0.29) is 11.8 Å². The lowest BCUT2D eigenvalue weighted by Gasteiger charge is -2.35. The molecule has 0 aromatic rings. The van der Waals surface area contributed by atoms with Gasteiger partial charge in [0.15, 0.2) is 0 Å². The number of nitrogens with zero attached hydrogens (tertiary/aromatic N) is 2. The third-order valence-electron chi connectivity index (χ3n) is 6.07. The number of rotatable bonds is 6. The quantitative estimate of drug-likeness (QED) is 0.662. The van der Waals surface area contributed by atoms with Crippen LogP contribution in [0.3, 0.4) is 0 Å². The first-order valence-electron chi connectivity index (χ1n) is 11.1. The average Bonchev–Trinajstić information content (AvgIpc) is 3.18. The first-order chi connectivity index (χ1) is 14.0. The second-order valence-corrected chi connectivity index (χ2v) is 9.53. The van der Waals surface area contributed by atoms with Crippen molar-refractivity contribution in [2.75, 3.05) is 13.6 Å². The van der Waals surface area contributed by atoms with Crippen LogP contribution in [0.25, 0.3) is 0 Å². The van der Waals surface area contributed by atoms with E-state index in [4.69, 9.17) is 4.74 Å². The van der Waals surface area contributed by atoms with Gasteiger partial charge >= 0.3 is 6.09 Å². The van der Waals surface area contributed by atoms with Crippen molar-refractivity contribution in [1.82, 2.24) is 15.1 Å². The molecule has 8 nitrogen and oxygen atoms in total. The summed E-state index contributed by atoms with van der Waals surface area (Å²) in [5, 5.41) is 2.91. The third kappa shape index (κ3) is 6.19. The lowest BCUT2D eigenvalue weighted by atomic mass is 9.83. The van der Waals surface area contributed by atoms with Crippen LogP contribution in [0, 0.1) is 5.92 Å². The number of aldehydes is 1. The Morgan fingerprint density at radius 1 is 1.10 bits per heavy atom. The Morgan fingerprint density at radius 2 is 1.73 bits per heavy atom. The van der Waals surface area contributed by atoms with Crippen molar-refractivity contribution < 1.29 is 23.9 Å². The van der Waals surface area contributed by atoms with Crippen LogP contribution in [0.2, 0.25) is 0 Å². The topological polar surface area (TPSA) is 96.0 Å². The zero-order valence-corrected chi connectivity index (χ0v) is 19.0. The molecular weight excluding hydrogens is 386 g/mol. The maximum Gasteiger partial charge on any atom is 0.410 e. The lowest BCUT2D eigenvalue weighted by Crippen LogP contribution is -2.57. The normalized spacial score (nSPS) is 22.2. The summed E-state index contributed by atoms with van der Waals surface area (Å²) in [5.41, 5.74) is -0.665. The van der Waals surface area contributed by atoms with E-state index >= 15 is 0 Å². The molecule has 0 spiro atoms. The number of likely N-dealkylation sites (tertiary alicyclic amines) is 1. The minimum atomic E-state index is -0.792. The summed E-state index contributed by atoms with van der Waals surface area (Å²) in [4.78, 5) is 52.9. The van der Waals surface area contributed by atoms with Crippen LogP contribution in [0.5, 0.6) is 0 Å². The lowest BCUT2D eigenvalue weighted by molar-refractivity contribution is -0.141. The fraction of sp³-hybridized carbons (Fsp3) is 0.818. The highest BCUT2D eigenvalue weighted by molar-refractivity contribution is 5.92. The molecule has 0 bridgehead atoms. The molecule has 170 valence electrons. The molecule has 30 heavy (non-hydrogen) atoms. The fourth-order valence-electron chi connectivity index (χ4n) is 4.18. The highest BCUT2D eigenvalue weighted by atomic mass is 16.6. The number of carbonyl (C=O) groups is 4. The largest absolute Gasteiger partial charge is 0.444 e. The summed E-state index contributed by atoms with van der Waals surface area (Å²) < 4.78 is 5.34. The highest BCUT2D eigenvalue weighted by Crippen LogP contribution is 2.29. The highest BCUT2D eigenvalue weighted by Gasteiger charge is 2.39. The van der Waals surface area contributed by atoms with Crippen LogP contribution >= 0.6 is 0 Å². The Balaban J connectivity index is 2.12. The number of carbonyl (C=O) groups excluding carboxylic acids is 4. The average molecular weight is 424 g/mol.